The van der Waals surface area contributed by atoms with Gasteiger partial charge in [-0.15, -0.1) is 0 Å². The van der Waals surface area contributed by atoms with Crippen molar-refractivity contribution in [3.05, 3.63) is 29.6 Å². The maximum absolute atomic E-state index is 5.66. The largest absolute Gasteiger partial charge is 0.328 e. The van der Waals surface area contributed by atoms with Crippen LogP contribution in [0.25, 0.3) is 0 Å². The lowest BCUT2D eigenvalue weighted by molar-refractivity contribution is 0.665. The number of nitrogens with zero attached hydrogens (tertiary/aromatic N) is 1. The first-order chi connectivity index (χ1) is 5.68. The molecule has 0 aliphatic rings. The molecule has 2 heteroatoms. The zero-order valence-corrected chi connectivity index (χ0v) is 7.75. The predicted octanol–water partition coefficient (Wildman–Crippen LogP) is 1.67. The lowest BCUT2D eigenvalue weighted by atomic mass is 10.1. The van der Waals surface area contributed by atoms with E-state index < -0.39 is 0 Å². The van der Waals surface area contributed by atoms with Gasteiger partial charge in [0.25, 0.3) is 0 Å². The summed E-state index contributed by atoms with van der Waals surface area (Å²) in [4.78, 5) is 4.14. The third-order valence-electron chi connectivity index (χ3n) is 1.85. The Morgan fingerprint density at radius 2 is 2.33 bits per heavy atom. The fourth-order valence-electron chi connectivity index (χ4n) is 1.15. The minimum Gasteiger partial charge on any atom is -0.328 e. The average molecular weight is 164 g/mol. The smallest absolute Gasteiger partial charge is 0.0375 e. The molecule has 0 saturated carbocycles. The van der Waals surface area contributed by atoms with Gasteiger partial charge in [-0.05, 0) is 44.4 Å². The third kappa shape index (κ3) is 3.01. The van der Waals surface area contributed by atoms with Crippen LogP contribution in [0.1, 0.15) is 24.6 Å². The minimum atomic E-state index is 0.290. The molecule has 1 atom stereocenters. The summed E-state index contributed by atoms with van der Waals surface area (Å²) in [5, 5.41) is 0. The van der Waals surface area contributed by atoms with E-state index in [-0.39, 0.29) is 0 Å². The lowest BCUT2D eigenvalue weighted by Gasteiger charge is -2.04. The summed E-state index contributed by atoms with van der Waals surface area (Å²) in [5.41, 5.74) is 8.08. The molecule has 1 heterocycles. The van der Waals surface area contributed by atoms with Crippen LogP contribution in [-0.4, -0.2) is 11.0 Å². The van der Waals surface area contributed by atoms with E-state index in [4.69, 9.17) is 5.73 Å². The highest BCUT2D eigenvalue weighted by molar-refractivity contribution is 5.15. The molecule has 66 valence electrons. The van der Waals surface area contributed by atoms with Crippen LogP contribution in [0, 0.1) is 6.92 Å². The monoisotopic (exact) mass is 164 g/mol. The van der Waals surface area contributed by atoms with Gasteiger partial charge in [0.05, 0.1) is 0 Å². The maximum Gasteiger partial charge on any atom is 0.0375 e. The molecular weight excluding hydrogens is 148 g/mol. The number of aromatic nitrogens is 1. The van der Waals surface area contributed by atoms with E-state index >= 15 is 0 Å². The molecule has 2 nitrogen and oxygen atoms in total. The van der Waals surface area contributed by atoms with Crippen molar-refractivity contribution in [2.24, 2.45) is 5.73 Å². The van der Waals surface area contributed by atoms with Crippen LogP contribution < -0.4 is 5.73 Å². The minimum absolute atomic E-state index is 0.290. The Bertz CT molecular complexity index is 243. The van der Waals surface area contributed by atoms with Gasteiger partial charge >= 0.3 is 0 Å². The van der Waals surface area contributed by atoms with Crippen LogP contribution >= 0.6 is 0 Å². The maximum atomic E-state index is 5.66. The number of nitrogens with two attached hydrogens (primary N) is 1. The number of hydrogen-bond donors (Lipinski definition) is 1. The van der Waals surface area contributed by atoms with E-state index in [1.807, 2.05) is 20.0 Å². The van der Waals surface area contributed by atoms with Crippen molar-refractivity contribution in [2.75, 3.05) is 0 Å². The van der Waals surface area contributed by atoms with E-state index in [0.717, 1.165) is 18.5 Å². The van der Waals surface area contributed by atoms with Gasteiger partial charge in [-0.25, -0.2) is 0 Å². The van der Waals surface area contributed by atoms with Gasteiger partial charge in [-0.1, -0.05) is 0 Å². The summed E-state index contributed by atoms with van der Waals surface area (Å²) < 4.78 is 0. The highest BCUT2D eigenvalue weighted by atomic mass is 14.6. The quantitative estimate of drug-likeness (QED) is 0.738. The fourth-order valence-corrected chi connectivity index (χ4v) is 1.15. The van der Waals surface area contributed by atoms with Crippen molar-refractivity contribution < 1.29 is 0 Å². The first-order valence-corrected chi connectivity index (χ1v) is 4.35. The second-order valence-corrected chi connectivity index (χ2v) is 3.32. The molecule has 0 aliphatic heterocycles. The van der Waals surface area contributed by atoms with Gasteiger partial charge in [-0.3, -0.25) is 4.98 Å². The molecule has 0 amide bonds. The molecule has 0 unspecified atom stereocenters. The molecule has 0 fully saturated rings. The molecule has 0 radical (unpaired) electrons. The Labute approximate surface area is 73.8 Å². The molecular formula is C10H16N2. The van der Waals surface area contributed by atoms with Gasteiger partial charge in [0.15, 0.2) is 0 Å². The SMILES string of the molecule is Cc1cc(CC[C@H](C)N)ccn1. The first-order valence-electron chi connectivity index (χ1n) is 4.35. The molecule has 0 spiro atoms. The van der Waals surface area contributed by atoms with Gasteiger partial charge in [-0.2, -0.15) is 0 Å². The summed E-state index contributed by atoms with van der Waals surface area (Å²) in [5.74, 6) is 0. The van der Waals surface area contributed by atoms with Crippen LogP contribution in [-0.2, 0) is 6.42 Å². The number of aryl methyl sites for hydroxylation is 2. The van der Waals surface area contributed by atoms with Gasteiger partial charge in [0.2, 0.25) is 0 Å². The second-order valence-electron chi connectivity index (χ2n) is 3.32. The van der Waals surface area contributed by atoms with Gasteiger partial charge in [0, 0.05) is 17.9 Å². The Balaban J connectivity index is 2.52. The van der Waals surface area contributed by atoms with Crippen molar-refractivity contribution >= 4 is 0 Å². The highest BCUT2D eigenvalue weighted by Crippen LogP contribution is 2.04. The molecule has 0 aliphatic carbocycles. The van der Waals surface area contributed by atoms with Crippen molar-refractivity contribution in [2.45, 2.75) is 32.7 Å². The second kappa shape index (κ2) is 4.21. The van der Waals surface area contributed by atoms with Crippen molar-refractivity contribution in [1.82, 2.24) is 4.98 Å². The highest BCUT2D eigenvalue weighted by Gasteiger charge is 1.96. The summed E-state index contributed by atoms with van der Waals surface area (Å²) in [6.07, 6.45) is 3.95. The summed E-state index contributed by atoms with van der Waals surface area (Å²) in [6.45, 7) is 4.05. The number of pyridine rings is 1. The molecule has 0 bridgehead atoms. The molecule has 0 saturated heterocycles. The van der Waals surface area contributed by atoms with Crippen molar-refractivity contribution in [3.63, 3.8) is 0 Å². The molecule has 1 aromatic rings. The van der Waals surface area contributed by atoms with Crippen LogP contribution in [0.2, 0.25) is 0 Å². The van der Waals surface area contributed by atoms with Crippen LogP contribution in [0.15, 0.2) is 18.3 Å². The topological polar surface area (TPSA) is 38.9 Å². The Morgan fingerprint density at radius 3 is 2.92 bits per heavy atom. The normalized spacial score (nSPS) is 12.9. The number of rotatable bonds is 3. The van der Waals surface area contributed by atoms with E-state index in [1.54, 1.807) is 0 Å². The van der Waals surface area contributed by atoms with E-state index in [9.17, 15) is 0 Å². The molecule has 0 aromatic carbocycles. The van der Waals surface area contributed by atoms with E-state index in [2.05, 4.69) is 17.1 Å². The molecule has 2 N–H and O–H groups in total. The average Bonchev–Trinajstić information content (AvgIpc) is 2.01. The zero-order chi connectivity index (χ0) is 8.97. The first kappa shape index (κ1) is 9.20. The van der Waals surface area contributed by atoms with E-state index in [0.29, 0.717) is 6.04 Å². The predicted molar refractivity (Wildman–Crippen MR) is 50.9 cm³/mol. The van der Waals surface area contributed by atoms with Gasteiger partial charge < -0.3 is 5.73 Å². The lowest BCUT2D eigenvalue weighted by Crippen LogP contribution is -2.15. The van der Waals surface area contributed by atoms with Crippen LogP contribution in [0.3, 0.4) is 0 Å². The standard InChI is InChI=1S/C10H16N2/c1-8(11)3-4-10-5-6-12-9(2)7-10/h5-8H,3-4,11H2,1-2H3/t8-/m0/s1. The van der Waals surface area contributed by atoms with Crippen molar-refractivity contribution in [1.29, 1.82) is 0 Å². The Hall–Kier alpha value is -0.890. The molecule has 1 rings (SSSR count). The summed E-state index contributed by atoms with van der Waals surface area (Å²) >= 11 is 0. The Kier molecular flexibility index (Phi) is 3.23. The zero-order valence-electron chi connectivity index (χ0n) is 7.75. The summed E-state index contributed by atoms with van der Waals surface area (Å²) in [7, 11) is 0. The third-order valence-corrected chi connectivity index (χ3v) is 1.85. The van der Waals surface area contributed by atoms with E-state index in [1.165, 1.54) is 5.56 Å². The number of hydrogen-bond acceptors (Lipinski definition) is 2. The van der Waals surface area contributed by atoms with Crippen LogP contribution in [0.5, 0.6) is 0 Å². The summed E-state index contributed by atoms with van der Waals surface area (Å²) in [6, 6.07) is 4.45. The van der Waals surface area contributed by atoms with Crippen molar-refractivity contribution in [3.8, 4) is 0 Å². The molecule has 12 heavy (non-hydrogen) atoms. The fraction of sp³-hybridized carbons (Fsp3) is 0.500. The molecule has 1 aromatic heterocycles. The Morgan fingerprint density at radius 1 is 1.58 bits per heavy atom. The van der Waals surface area contributed by atoms with Gasteiger partial charge in [0.1, 0.15) is 0 Å². The van der Waals surface area contributed by atoms with Crippen LogP contribution in [0.4, 0.5) is 0 Å².